The molecule has 2 heterocycles. The summed E-state index contributed by atoms with van der Waals surface area (Å²) in [6, 6.07) is 9.66. The molecule has 1 aromatic carbocycles. The van der Waals surface area contributed by atoms with E-state index >= 15 is 0 Å². The van der Waals surface area contributed by atoms with Crippen molar-refractivity contribution in [2.75, 3.05) is 50.1 Å². The van der Waals surface area contributed by atoms with Crippen LogP contribution in [0.2, 0.25) is 0 Å². The molecule has 1 aromatic heterocycles. The van der Waals surface area contributed by atoms with Gasteiger partial charge in [0.25, 0.3) is 0 Å². The Kier molecular flexibility index (Phi) is 9.13. The number of anilines is 1. The summed E-state index contributed by atoms with van der Waals surface area (Å²) >= 11 is 1.57. The highest BCUT2D eigenvalue weighted by Crippen LogP contribution is 2.15. The molecular weight excluding hydrogens is 458 g/mol. The fourth-order valence-corrected chi connectivity index (χ4v) is 5.21. The molecule has 0 spiro atoms. The van der Waals surface area contributed by atoms with Crippen LogP contribution < -0.4 is 14.9 Å². The zero-order chi connectivity index (χ0) is 23.8. The van der Waals surface area contributed by atoms with Crippen LogP contribution in [0.5, 0.6) is 0 Å². The lowest BCUT2D eigenvalue weighted by molar-refractivity contribution is -0.122. The van der Waals surface area contributed by atoms with E-state index in [2.05, 4.69) is 31.9 Å². The molecule has 3 rings (SSSR count). The maximum atomic E-state index is 12.8. The van der Waals surface area contributed by atoms with Crippen LogP contribution in [0.25, 0.3) is 0 Å². The standard InChI is InChI=1S/C23H33N5O3S2/c1-18-4-7-20(8-5-18)33(30,31)26-21(10-15-32-3)23(29)25-17-19-6-9-22(24-16-19)28-13-11-27(2)12-14-28/h4-9,16,21,26H,10-15,17H2,1-3H3,(H,25,29). The number of piperazine rings is 1. The van der Waals surface area contributed by atoms with Crippen LogP contribution in [0.1, 0.15) is 17.5 Å². The Bertz CT molecular complexity index is 1010. The van der Waals surface area contributed by atoms with Crippen molar-refractivity contribution in [1.82, 2.24) is 19.9 Å². The molecule has 0 radical (unpaired) electrons. The van der Waals surface area contributed by atoms with Crippen LogP contribution in [0, 0.1) is 6.92 Å². The number of pyridine rings is 1. The third kappa shape index (κ3) is 7.43. The molecule has 1 saturated heterocycles. The molecule has 33 heavy (non-hydrogen) atoms. The second-order valence-corrected chi connectivity index (χ2v) is 11.0. The summed E-state index contributed by atoms with van der Waals surface area (Å²) in [5, 5.41) is 2.86. The van der Waals surface area contributed by atoms with Crippen LogP contribution in [0.3, 0.4) is 0 Å². The Morgan fingerprint density at radius 2 is 1.82 bits per heavy atom. The number of hydrogen-bond donors (Lipinski definition) is 2. The van der Waals surface area contributed by atoms with Gasteiger partial charge in [-0.2, -0.15) is 16.5 Å². The van der Waals surface area contributed by atoms with Gasteiger partial charge in [-0.3, -0.25) is 4.79 Å². The van der Waals surface area contributed by atoms with Crippen molar-refractivity contribution in [3.8, 4) is 0 Å². The van der Waals surface area contributed by atoms with E-state index in [-0.39, 0.29) is 17.3 Å². The average molecular weight is 492 g/mol. The Morgan fingerprint density at radius 1 is 1.12 bits per heavy atom. The van der Waals surface area contributed by atoms with Crippen molar-refractivity contribution in [3.63, 3.8) is 0 Å². The van der Waals surface area contributed by atoms with Crippen LogP contribution in [0.15, 0.2) is 47.5 Å². The predicted molar refractivity (Wildman–Crippen MR) is 134 cm³/mol. The maximum absolute atomic E-state index is 12.8. The number of aromatic nitrogens is 1. The lowest BCUT2D eigenvalue weighted by atomic mass is 10.2. The molecule has 1 fully saturated rings. The number of likely N-dealkylation sites (N-methyl/N-ethyl adjacent to an activating group) is 1. The highest BCUT2D eigenvalue weighted by Gasteiger charge is 2.25. The lowest BCUT2D eigenvalue weighted by Gasteiger charge is -2.33. The second kappa shape index (κ2) is 11.8. The summed E-state index contributed by atoms with van der Waals surface area (Å²) in [6.07, 6.45) is 4.09. The lowest BCUT2D eigenvalue weighted by Crippen LogP contribution is -2.46. The van der Waals surface area contributed by atoms with Gasteiger partial charge in [-0.05, 0) is 56.2 Å². The van der Waals surface area contributed by atoms with E-state index < -0.39 is 16.1 Å². The van der Waals surface area contributed by atoms with Crippen molar-refractivity contribution in [2.45, 2.75) is 30.8 Å². The zero-order valence-corrected chi connectivity index (χ0v) is 21.1. The summed E-state index contributed by atoms with van der Waals surface area (Å²) in [5.74, 6) is 1.25. The SMILES string of the molecule is CSCCC(NS(=O)(=O)c1ccc(C)cc1)C(=O)NCc1ccc(N2CCN(C)CC2)nc1. The monoisotopic (exact) mass is 491 g/mol. The number of hydrogen-bond acceptors (Lipinski definition) is 7. The number of carbonyl (C=O) groups excluding carboxylic acids is 1. The fraction of sp³-hybridized carbons (Fsp3) is 0.478. The quantitative estimate of drug-likeness (QED) is 0.524. The first-order chi connectivity index (χ1) is 15.8. The normalized spacial score (nSPS) is 15.9. The van der Waals surface area contributed by atoms with Crippen LogP contribution in [-0.4, -0.2) is 75.5 Å². The molecule has 0 bridgehead atoms. The van der Waals surface area contributed by atoms with Crippen molar-refractivity contribution >= 4 is 33.5 Å². The summed E-state index contributed by atoms with van der Waals surface area (Å²) in [7, 11) is -1.68. The van der Waals surface area contributed by atoms with Gasteiger partial charge in [-0.1, -0.05) is 23.8 Å². The number of thioether (sulfide) groups is 1. The Balaban J connectivity index is 1.60. The van der Waals surface area contributed by atoms with Crippen LogP contribution >= 0.6 is 11.8 Å². The molecule has 1 atom stereocenters. The van der Waals surface area contributed by atoms with E-state index in [4.69, 9.17) is 0 Å². The average Bonchev–Trinajstić information content (AvgIpc) is 2.81. The predicted octanol–water partition coefficient (Wildman–Crippen LogP) is 1.86. The summed E-state index contributed by atoms with van der Waals surface area (Å²) in [6.45, 7) is 6.09. The molecule has 1 aliphatic rings. The van der Waals surface area contributed by atoms with Gasteiger partial charge in [0.15, 0.2) is 0 Å². The minimum Gasteiger partial charge on any atom is -0.354 e. The smallest absolute Gasteiger partial charge is 0.241 e. The third-order valence-corrected chi connectivity index (χ3v) is 7.79. The highest BCUT2D eigenvalue weighted by molar-refractivity contribution is 7.98. The summed E-state index contributed by atoms with van der Waals surface area (Å²) in [5.41, 5.74) is 1.84. The van der Waals surface area contributed by atoms with E-state index in [9.17, 15) is 13.2 Å². The van der Waals surface area contributed by atoms with Crippen molar-refractivity contribution in [3.05, 3.63) is 53.7 Å². The molecule has 0 saturated carbocycles. The molecule has 0 aliphatic carbocycles. The number of nitrogens with one attached hydrogen (secondary N) is 2. The molecule has 180 valence electrons. The Morgan fingerprint density at radius 3 is 2.42 bits per heavy atom. The fourth-order valence-electron chi connectivity index (χ4n) is 3.51. The number of aryl methyl sites for hydroxylation is 1. The summed E-state index contributed by atoms with van der Waals surface area (Å²) in [4.78, 5) is 22.1. The topological polar surface area (TPSA) is 94.6 Å². The first kappa shape index (κ1) is 25.5. The highest BCUT2D eigenvalue weighted by atomic mass is 32.2. The molecule has 1 amide bonds. The first-order valence-electron chi connectivity index (χ1n) is 11.0. The number of nitrogens with zero attached hydrogens (tertiary/aromatic N) is 3. The molecule has 10 heteroatoms. The van der Waals surface area contributed by atoms with Crippen molar-refractivity contribution in [1.29, 1.82) is 0 Å². The van der Waals surface area contributed by atoms with Crippen molar-refractivity contribution < 1.29 is 13.2 Å². The van der Waals surface area contributed by atoms with E-state index in [0.29, 0.717) is 12.2 Å². The van der Waals surface area contributed by atoms with Gasteiger partial charge in [0, 0.05) is 38.9 Å². The van der Waals surface area contributed by atoms with E-state index in [1.165, 1.54) is 0 Å². The van der Waals surface area contributed by atoms with Gasteiger partial charge in [-0.15, -0.1) is 0 Å². The molecule has 2 N–H and O–H groups in total. The van der Waals surface area contributed by atoms with Gasteiger partial charge < -0.3 is 15.1 Å². The summed E-state index contributed by atoms with van der Waals surface area (Å²) < 4.78 is 28.2. The molecular formula is C23H33N5O3S2. The van der Waals surface area contributed by atoms with E-state index in [1.807, 2.05) is 25.3 Å². The van der Waals surface area contributed by atoms with Crippen molar-refractivity contribution in [2.24, 2.45) is 0 Å². The largest absolute Gasteiger partial charge is 0.354 e. The van der Waals surface area contributed by atoms with Gasteiger partial charge in [-0.25, -0.2) is 13.4 Å². The van der Waals surface area contributed by atoms with Gasteiger partial charge in [0.2, 0.25) is 15.9 Å². The Labute approximate surface area is 201 Å². The van der Waals surface area contributed by atoms with E-state index in [0.717, 1.165) is 43.1 Å². The van der Waals surface area contributed by atoms with Gasteiger partial charge >= 0.3 is 0 Å². The van der Waals surface area contributed by atoms with Crippen LogP contribution in [-0.2, 0) is 21.4 Å². The minimum absolute atomic E-state index is 0.152. The maximum Gasteiger partial charge on any atom is 0.241 e. The second-order valence-electron chi connectivity index (χ2n) is 8.30. The Hall–Kier alpha value is -2.14. The third-order valence-electron chi connectivity index (χ3n) is 5.66. The van der Waals surface area contributed by atoms with Gasteiger partial charge in [0.1, 0.15) is 11.9 Å². The van der Waals surface area contributed by atoms with E-state index in [1.54, 1.807) is 42.2 Å². The molecule has 1 unspecified atom stereocenters. The zero-order valence-electron chi connectivity index (χ0n) is 19.5. The molecule has 1 aliphatic heterocycles. The number of sulfonamides is 1. The minimum atomic E-state index is -3.80. The first-order valence-corrected chi connectivity index (χ1v) is 13.9. The van der Waals surface area contributed by atoms with Gasteiger partial charge in [0.05, 0.1) is 4.90 Å². The van der Waals surface area contributed by atoms with Crippen LogP contribution in [0.4, 0.5) is 5.82 Å². The number of amides is 1. The molecule has 8 nitrogen and oxygen atoms in total. The number of carbonyl (C=O) groups is 1. The molecule has 2 aromatic rings. The number of benzene rings is 1. The number of rotatable bonds is 10.